The number of carbonyl (C=O) groups is 2. The first-order valence-electron chi connectivity index (χ1n) is 9.69. The number of thiophene rings is 1. The fraction of sp³-hybridized carbons (Fsp3) is 0.500. The van der Waals surface area contributed by atoms with Crippen LogP contribution in [-0.2, 0) is 27.3 Å². The van der Waals surface area contributed by atoms with Crippen molar-refractivity contribution >= 4 is 23.2 Å². The van der Waals surface area contributed by atoms with Crippen LogP contribution in [0.5, 0.6) is 0 Å². The maximum absolute atomic E-state index is 12.5. The number of carbonyl (C=O) groups excluding carboxylic acids is 1. The lowest BCUT2D eigenvalue weighted by Gasteiger charge is -2.22. The number of aliphatic carboxylic acids is 1. The Bertz CT molecular complexity index is 842. The first kappa shape index (κ1) is 23.3. The van der Waals surface area contributed by atoms with Crippen LogP contribution in [0.3, 0.4) is 0 Å². The normalized spacial score (nSPS) is 21.7. The Morgan fingerprint density at radius 2 is 1.97 bits per heavy atom. The van der Waals surface area contributed by atoms with Crippen molar-refractivity contribution in [2.24, 2.45) is 5.92 Å². The molecule has 0 bridgehead atoms. The summed E-state index contributed by atoms with van der Waals surface area (Å²) in [4.78, 5) is 26.9. The first-order chi connectivity index (χ1) is 14.7. The van der Waals surface area contributed by atoms with E-state index in [2.05, 4.69) is 4.90 Å². The van der Waals surface area contributed by atoms with Crippen LogP contribution in [0.15, 0.2) is 40.3 Å². The van der Waals surface area contributed by atoms with E-state index in [9.17, 15) is 18.0 Å². The Hall–Kier alpha value is -2.37. The zero-order valence-corrected chi connectivity index (χ0v) is 17.4. The lowest BCUT2D eigenvalue weighted by Crippen LogP contribution is -2.34. The fourth-order valence-corrected chi connectivity index (χ4v) is 4.30. The van der Waals surface area contributed by atoms with Gasteiger partial charge in [0.25, 0.3) is 0 Å². The minimum atomic E-state index is -5.08. The molecule has 2 aromatic heterocycles. The Morgan fingerprint density at radius 3 is 2.58 bits per heavy atom. The second-order valence-corrected chi connectivity index (χ2v) is 8.37. The number of hydrogen-bond donors (Lipinski definition) is 1. The number of likely N-dealkylation sites (tertiary alicyclic amines) is 1. The molecule has 1 N–H and O–H groups in total. The molecule has 2 saturated heterocycles. The summed E-state index contributed by atoms with van der Waals surface area (Å²) < 4.78 is 43.2. The van der Waals surface area contributed by atoms with Crippen LogP contribution in [0.25, 0.3) is 0 Å². The zero-order valence-electron chi connectivity index (χ0n) is 16.6. The highest BCUT2D eigenvalue weighted by molar-refractivity contribution is 7.10. The number of rotatable bonds is 4. The van der Waals surface area contributed by atoms with Gasteiger partial charge in [0.15, 0.2) is 0 Å². The van der Waals surface area contributed by atoms with Crippen molar-refractivity contribution in [2.45, 2.75) is 25.2 Å². The number of ether oxygens (including phenoxy) is 1. The Balaban J connectivity index is 0.000000339. The minimum Gasteiger partial charge on any atom is -0.475 e. The van der Waals surface area contributed by atoms with Crippen LogP contribution in [0.4, 0.5) is 13.2 Å². The summed E-state index contributed by atoms with van der Waals surface area (Å²) in [5.41, 5.74) is 0. The number of carboxylic acids is 1. The molecule has 0 saturated carbocycles. The second kappa shape index (κ2) is 10.3. The SMILES string of the molecule is O=C(Cc1cccs1)N1C[C@@H]2CN(Cc3ccco3)CCO[C@@H]2C1.O=C(O)C(F)(F)F. The number of amides is 1. The van der Waals surface area contributed by atoms with Gasteiger partial charge >= 0.3 is 12.1 Å². The van der Waals surface area contributed by atoms with Crippen molar-refractivity contribution in [3.63, 3.8) is 0 Å². The van der Waals surface area contributed by atoms with Gasteiger partial charge in [0.1, 0.15) is 5.76 Å². The first-order valence-corrected chi connectivity index (χ1v) is 10.6. The molecule has 0 radical (unpaired) electrons. The standard InChI is InChI=1S/C18H22N2O3S.C2HF3O2/c21-18(9-16-4-2-8-24-16)20-11-14-10-19(5-7-23-17(14)13-20)12-15-3-1-6-22-15;3-2(4,5)1(6)7/h1-4,6,8,14,17H,5,7,9-13H2;(H,6,7)/t14-,17+;/m0./s1. The number of furan rings is 1. The predicted octanol–water partition coefficient (Wildman–Crippen LogP) is 2.88. The van der Waals surface area contributed by atoms with Gasteiger partial charge in [-0.1, -0.05) is 6.07 Å². The van der Waals surface area contributed by atoms with Gasteiger partial charge < -0.3 is 19.2 Å². The number of hydrogen-bond acceptors (Lipinski definition) is 6. The van der Waals surface area contributed by atoms with Gasteiger partial charge in [0.2, 0.25) is 5.91 Å². The van der Waals surface area contributed by atoms with Crippen LogP contribution < -0.4 is 0 Å². The number of fused-ring (bicyclic) bond motifs is 1. The molecule has 170 valence electrons. The van der Waals surface area contributed by atoms with E-state index in [1.54, 1.807) is 17.6 Å². The number of nitrogens with zero attached hydrogens (tertiary/aromatic N) is 2. The summed E-state index contributed by atoms with van der Waals surface area (Å²) in [5.74, 6) is -1.17. The molecule has 0 aliphatic carbocycles. The minimum absolute atomic E-state index is 0.166. The highest BCUT2D eigenvalue weighted by Crippen LogP contribution is 2.25. The summed E-state index contributed by atoms with van der Waals surface area (Å²) in [5, 5.41) is 9.14. The molecule has 11 heteroatoms. The van der Waals surface area contributed by atoms with Crippen molar-refractivity contribution in [1.29, 1.82) is 0 Å². The third-order valence-electron chi connectivity index (χ3n) is 5.07. The second-order valence-electron chi connectivity index (χ2n) is 7.34. The van der Waals surface area contributed by atoms with Crippen LogP contribution in [0.2, 0.25) is 0 Å². The van der Waals surface area contributed by atoms with Gasteiger partial charge in [-0.05, 0) is 23.6 Å². The molecule has 7 nitrogen and oxygen atoms in total. The van der Waals surface area contributed by atoms with Crippen molar-refractivity contribution < 1.29 is 37.0 Å². The lowest BCUT2D eigenvalue weighted by atomic mass is 10.1. The zero-order chi connectivity index (χ0) is 22.4. The summed E-state index contributed by atoms with van der Waals surface area (Å²) >= 11 is 1.64. The van der Waals surface area contributed by atoms with E-state index in [0.29, 0.717) is 12.3 Å². The van der Waals surface area contributed by atoms with Crippen molar-refractivity contribution in [3.05, 3.63) is 46.5 Å². The third-order valence-corrected chi connectivity index (χ3v) is 5.95. The predicted molar refractivity (Wildman–Crippen MR) is 106 cm³/mol. The van der Waals surface area contributed by atoms with Gasteiger partial charge in [0.05, 0.1) is 31.9 Å². The molecule has 2 aliphatic rings. The largest absolute Gasteiger partial charge is 0.490 e. The average Bonchev–Trinajstić information content (AvgIpc) is 3.43. The van der Waals surface area contributed by atoms with Crippen molar-refractivity contribution in [2.75, 3.05) is 32.8 Å². The smallest absolute Gasteiger partial charge is 0.475 e. The molecular weight excluding hydrogens is 437 g/mol. The summed E-state index contributed by atoms with van der Waals surface area (Å²) in [6.45, 7) is 4.91. The average molecular weight is 460 g/mol. The molecule has 2 atom stereocenters. The molecular formula is C20H23F3N2O5S. The molecule has 0 aromatic carbocycles. The van der Waals surface area contributed by atoms with Crippen molar-refractivity contribution in [3.8, 4) is 0 Å². The number of alkyl halides is 3. The maximum Gasteiger partial charge on any atom is 0.490 e. The van der Waals surface area contributed by atoms with E-state index in [4.69, 9.17) is 19.1 Å². The molecule has 0 spiro atoms. The highest BCUT2D eigenvalue weighted by Gasteiger charge is 2.39. The van der Waals surface area contributed by atoms with Crippen LogP contribution in [0, 0.1) is 5.92 Å². The molecule has 4 heterocycles. The Morgan fingerprint density at radius 1 is 1.19 bits per heavy atom. The van der Waals surface area contributed by atoms with Gasteiger partial charge in [-0.2, -0.15) is 13.2 Å². The summed E-state index contributed by atoms with van der Waals surface area (Å²) in [6, 6.07) is 7.96. The van der Waals surface area contributed by atoms with Gasteiger partial charge in [-0.3, -0.25) is 9.69 Å². The van der Waals surface area contributed by atoms with E-state index >= 15 is 0 Å². The van der Waals surface area contributed by atoms with E-state index in [0.717, 1.165) is 50.0 Å². The van der Waals surface area contributed by atoms with Gasteiger partial charge in [-0.25, -0.2) is 4.79 Å². The molecule has 1 amide bonds. The van der Waals surface area contributed by atoms with Gasteiger partial charge in [0, 0.05) is 37.0 Å². The molecule has 2 fully saturated rings. The Kier molecular flexibility index (Phi) is 7.74. The van der Waals surface area contributed by atoms with Crippen LogP contribution in [0.1, 0.15) is 10.6 Å². The topological polar surface area (TPSA) is 83.2 Å². The molecule has 31 heavy (non-hydrogen) atoms. The van der Waals surface area contributed by atoms with Gasteiger partial charge in [-0.15, -0.1) is 11.3 Å². The fourth-order valence-electron chi connectivity index (χ4n) is 3.61. The van der Waals surface area contributed by atoms with E-state index in [-0.39, 0.29) is 12.0 Å². The van der Waals surface area contributed by atoms with E-state index in [1.165, 1.54) is 0 Å². The molecule has 2 aliphatic heterocycles. The summed E-state index contributed by atoms with van der Waals surface area (Å²) in [7, 11) is 0. The van der Waals surface area contributed by atoms with E-state index < -0.39 is 12.1 Å². The number of halogens is 3. The molecule has 2 aromatic rings. The van der Waals surface area contributed by atoms with Crippen LogP contribution in [-0.4, -0.2) is 71.8 Å². The van der Waals surface area contributed by atoms with Crippen molar-refractivity contribution in [1.82, 2.24) is 9.80 Å². The highest BCUT2D eigenvalue weighted by atomic mass is 32.1. The van der Waals surface area contributed by atoms with E-state index in [1.807, 2.05) is 34.5 Å². The quantitative estimate of drug-likeness (QED) is 0.756. The summed E-state index contributed by atoms with van der Waals surface area (Å²) in [6.07, 6.45) is -2.70. The lowest BCUT2D eigenvalue weighted by molar-refractivity contribution is -0.192. The molecule has 4 rings (SSSR count). The maximum atomic E-state index is 12.5. The number of carboxylic acid groups (broad SMARTS) is 1. The Labute approximate surface area is 181 Å². The molecule has 0 unspecified atom stereocenters. The third kappa shape index (κ3) is 6.81. The monoisotopic (exact) mass is 460 g/mol. The van der Waals surface area contributed by atoms with Crippen LogP contribution >= 0.6 is 11.3 Å².